The number of halogens is 2. The van der Waals surface area contributed by atoms with E-state index in [9.17, 15) is 5.26 Å². The number of hydrogen-bond donors (Lipinski definition) is 0. The third kappa shape index (κ3) is 2.73. The maximum absolute atomic E-state index is 9.51. The lowest BCUT2D eigenvalue weighted by Crippen LogP contribution is -2.05. The van der Waals surface area contributed by atoms with Gasteiger partial charge in [-0.1, -0.05) is 24.3 Å². The van der Waals surface area contributed by atoms with Gasteiger partial charge in [-0.2, -0.15) is 5.26 Å². The Morgan fingerprint density at radius 1 is 1.14 bits per heavy atom. The van der Waals surface area contributed by atoms with E-state index in [4.69, 9.17) is 11.6 Å². The van der Waals surface area contributed by atoms with Gasteiger partial charge in [0.15, 0.2) is 0 Å². The van der Waals surface area contributed by atoms with Gasteiger partial charge in [-0.3, -0.25) is 4.98 Å². The molecular weight excluding hydrogens is 352 g/mol. The fraction of sp³-hybridized carbons (Fsp3) is 0.0667. The van der Waals surface area contributed by atoms with Gasteiger partial charge in [-0.25, -0.2) is 9.97 Å². The fourth-order valence-corrected chi connectivity index (χ4v) is 2.65. The van der Waals surface area contributed by atoms with Gasteiger partial charge in [0.2, 0.25) is 5.28 Å². The topological polar surface area (TPSA) is 62.5 Å². The van der Waals surface area contributed by atoms with Crippen molar-refractivity contribution in [2.24, 2.45) is 0 Å². The predicted molar refractivity (Wildman–Crippen MR) is 83.9 cm³/mol. The van der Waals surface area contributed by atoms with Crippen LogP contribution in [0.3, 0.4) is 0 Å². The molecule has 0 saturated carbocycles. The lowest BCUT2D eigenvalue weighted by molar-refractivity contribution is 0.897. The molecule has 0 fully saturated rings. The third-order valence-electron chi connectivity index (χ3n) is 3.09. The molecule has 1 aromatic carbocycles. The lowest BCUT2D eigenvalue weighted by atomic mass is 10.0. The molecule has 3 rings (SSSR count). The first-order chi connectivity index (χ1) is 10.2. The molecule has 0 radical (unpaired) electrons. The van der Waals surface area contributed by atoms with Crippen molar-refractivity contribution in [2.45, 2.75) is 5.92 Å². The Labute approximate surface area is 134 Å². The minimum atomic E-state index is -0.607. The third-order valence-corrected chi connectivity index (χ3v) is 3.89. The summed E-state index contributed by atoms with van der Waals surface area (Å²) in [6.45, 7) is 0. The van der Waals surface area contributed by atoms with Crippen molar-refractivity contribution in [1.29, 1.82) is 5.26 Å². The number of nitriles is 1. The summed E-state index contributed by atoms with van der Waals surface area (Å²) in [5.41, 5.74) is 1.15. The van der Waals surface area contributed by atoms with E-state index >= 15 is 0 Å². The molecule has 6 heteroatoms. The molecule has 0 spiro atoms. The highest BCUT2D eigenvalue weighted by atomic mass is 79.9. The van der Waals surface area contributed by atoms with Gasteiger partial charge in [0.25, 0.3) is 0 Å². The van der Waals surface area contributed by atoms with E-state index in [1.54, 1.807) is 6.20 Å². The van der Waals surface area contributed by atoms with Crippen molar-refractivity contribution in [3.8, 4) is 6.07 Å². The molecule has 2 aromatic heterocycles. The maximum atomic E-state index is 9.51. The number of aromatic nitrogens is 3. The number of rotatable bonds is 2. The Balaban J connectivity index is 2.14. The van der Waals surface area contributed by atoms with Crippen molar-refractivity contribution in [2.75, 3.05) is 0 Å². The molecule has 4 nitrogen and oxygen atoms in total. The average Bonchev–Trinajstić information content (AvgIpc) is 2.51. The van der Waals surface area contributed by atoms with Gasteiger partial charge in [-0.15, -0.1) is 0 Å². The lowest BCUT2D eigenvalue weighted by Gasteiger charge is -2.10. The average molecular weight is 360 g/mol. The van der Waals surface area contributed by atoms with Crippen LogP contribution in [0.1, 0.15) is 17.3 Å². The molecule has 0 saturated heterocycles. The summed E-state index contributed by atoms with van der Waals surface area (Å²) in [7, 11) is 0. The van der Waals surface area contributed by atoms with Crippen molar-refractivity contribution < 1.29 is 0 Å². The van der Waals surface area contributed by atoms with E-state index < -0.39 is 5.92 Å². The second-order valence-corrected chi connectivity index (χ2v) is 5.58. The van der Waals surface area contributed by atoms with Gasteiger partial charge < -0.3 is 0 Å². The molecule has 1 atom stereocenters. The van der Waals surface area contributed by atoms with Crippen LogP contribution in [-0.2, 0) is 0 Å². The van der Waals surface area contributed by atoms with Crippen LogP contribution in [-0.4, -0.2) is 15.0 Å². The molecule has 0 aliphatic rings. The summed E-state index contributed by atoms with van der Waals surface area (Å²) in [4.78, 5) is 12.4. The number of benzene rings is 1. The Kier molecular flexibility index (Phi) is 3.82. The van der Waals surface area contributed by atoms with Gasteiger partial charge in [0, 0.05) is 17.8 Å². The normalized spacial score (nSPS) is 12.0. The van der Waals surface area contributed by atoms with E-state index in [1.165, 1.54) is 6.20 Å². The molecule has 0 bridgehead atoms. The summed E-state index contributed by atoms with van der Waals surface area (Å²) >= 11 is 9.18. The Bertz CT molecular complexity index is 860. The molecular formula is C15H8BrClN4. The molecule has 3 aromatic rings. The fourth-order valence-electron chi connectivity index (χ4n) is 2.09. The Morgan fingerprint density at radius 2 is 1.90 bits per heavy atom. The summed E-state index contributed by atoms with van der Waals surface area (Å²) in [5.74, 6) is -0.607. The van der Waals surface area contributed by atoms with Crippen LogP contribution in [0.15, 0.2) is 47.2 Å². The van der Waals surface area contributed by atoms with Gasteiger partial charge >= 0.3 is 0 Å². The molecule has 0 amide bonds. The Hall–Kier alpha value is -2.03. The highest BCUT2D eigenvalue weighted by molar-refractivity contribution is 9.10. The summed E-state index contributed by atoms with van der Waals surface area (Å²) in [6.07, 6.45) is 3.29. The largest absolute Gasteiger partial charge is 0.259 e. The van der Waals surface area contributed by atoms with Gasteiger partial charge in [0.05, 0.1) is 21.9 Å². The molecule has 2 heterocycles. The van der Waals surface area contributed by atoms with Crippen LogP contribution in [0.5, 0.6) is 0 Å². The van der Waals surface area contributed by atoms with Crippen molar-refractivity contribution in [1.82, 2.24) is 15.0 Å². The standard InChI is InChI=1S/C15H8BrClN4/c16-12-8-20-15(17)21-14(12)11(6-18)13-5-9-3-1-2-4-10(9)7-19-13/h1-5,7-8,11H/t11-/m0/s1. The van der Waals surface area contributed by atoms with Crippen LogP contribution in [0.25, 0.3) is 10.8 Å². The Morgan fingerprint density at radius 3 is 2.67 bits per heavy atom. The second-order valence-electron chi connectivity index (χ2n) is 4.39. The van der Waals surface area contributed by atoms with Crippen LogP contribution in [0, 0.1) is 11.3 Å². The molecule has 0 N–H and O–H groups in total. The van der Waals surface area contributed by atoms with E-state index in [2.05, 4.69) is 37.0 Å². The van der Waals surface area contributed by atoms with E-state index in [0.29, 0.717) is 15.9 Å². The summed E-state index contributed by atoms with van der Waals surface area (Å²) in [5, 5.41) is 11.7. The molecule has 0 aliphatic heterocycles. The highest BCUT2D eigenvalue weighted by Gasteiger charge is 2.20. The second kappa shape index (κ2) is 5.76. The van der Waals surface area contributed by atoms with Crippen molar-refractivity contribution in [3.63, 3.8) is 0 Å². The van der Waals surface area contributed by atoms with E-state index in [0.717, 1.165) is 10.8 Å². The zero-order valence-electron chi connectivity index (χ0n) is 10.7. The first kappa shape index (κ1) is 13.9. The highest BCUT2D eigenvalue weighted by Crippen LogP contribution is 2.29. The molecule has 0 unspecified atom stereocenters. The predicted octanol–water partition coefficient (Wildman–Crippen LogP) is 4.10. The smallest absolute Gasteiger partial charge is 0.222 e. The van der Waals surface area contributed by atoms with Crippen LogP contribution in [0.4, 0.5) is 0 Å². The van der Waals surface area contributed by atoms with E-state index in [-0.39, 0.29) is 5.28 Å². The molecule has 21 heavy (non-hydrogen) atoms. The van der Waals surface area contributed by atoms with Gasteiger partial charge in [-0.05, 0) is 39.0 Å². The van der Waals surface area contributed by atoms with Crippen LogP contribution in [0.2, 0.25) is 5.28 Å². The summed E-state index contributed by atoms with van der Waals surface area (Å²) < 4.78 is 0.633. The zero-order valence-corrected chi connectivity index (χ0v) is 13.0. The molecule has 0 aliphatic carbocycles. The zero-order chi connectivity index (χ0) is 14.8. The minimum Gasteiger partial charge on any atom is -0.259 e. The quantitative estimate of drug-likeness (QED) is 0.646. The van der Waals surface area contributed by atoms with Crippen LogP contribution < -0.4 is 0 Å². The van der Waals surface area contributed by atoms with Gasteiger partial charge in [0.1, 0.15) is 5.92 Å². The first-order valence-electron chi connectivity index (χ1n) is 6.11. The number of fused-ring (bicyclic) bond motifs is 1. The number of pyridine rings is 1. The maximum Gasteiger partial charge on any atom is 0.222 e. The van der Waals surface area contributed by atoms with Crippen LogP contribution >= 0.6 is 27.5 Å². The molecule has 102 valence electrons. The minimum absolute atomic E-state index is 0.106. The van der Waals surface area contributed by atoms with E-state index in [1.807, 2.05) is 30.3 Å². The first-order valence-corrected chi connectivity index (χ1v) is 7.28. The van der Waals surface area contributed by atoms with Crippen molar-refractivity contribution >= 4 is 38.3 Å². The number of nitrogens with zero attached hydrogens (tertiary/aromatic N) is 4. The monoisotopic (exact) mass is 358 g/mol. The van der Waals surface area contributed by atoms with Crippen molar-refractivity contribution in [3.05, 3.63) is 63.9 Å². The number of hydrogen-bond acceptors (Lipinski definition) is 4. The SMILES string of the molecule is N#C[C@@H](c1cc2ccccc2cn1)c1nc(Cl)ncc1Br. The summed E-state index contributed by atoms with van der Waals surface area (Å²) in [6, 6.07) is 12.0.